The Morgan fingerprint density at radius 2 is 2.00 bits per heavy atom. The molecule has 1 aliphatic heterocycles. The van der Waals surface area contributed by atoms with E-state index in [2.05, 4.69) is 15.9 Å². The number of ether oxygens (including phenoxy) is 1. The van der Waals surface area contributed by atoms with E-state index in [1.165, 1.54) is 11.0 Å². The number of nitrogens with zero attached hydrogens (tertiary/aromatic N) is 1. The van der Waals surface area contributed by atoms with Crippen molar-refractivity contribution >= 4 is 27.7 Å². The zero-order valence-corrected chi connectivity index (χ0v) is 12.8. The first-order chi connectivity index (χ1) is 10.2. The predicted molar refractivity (Wildman–Crippen MR) is 81.8 cm³/mol. The van der Waals surface area contributed by atoms with Crippen LogP contribution in [-0.2, 0) is 17.8 Å². The fourth-order valence-electron chi connectivity index (χ4n) is 2.43. The normalized spacial score (nSPS) is 13.1. The fourth-order valence-corrected chi connectivity index (χ4v) is 2.95. The van der Waals surface area contributed by atoms with Crippen molar-refractivity contribution in [3.8, 4) is 0 Å². The van der Waals surface area contributed by atoms with Gasteiger partial charge in [0.1, 0.15) is 12.4 Å². The van der Waals surface area contributed by atoms with E-state index in [0.717, 1.165) is 15.6 Å². The number of hydrogen-bond donors (Lipinski definition) is 0. The van der Waals surface area contributed by atoms with Gasteiger partial charge >= 0.3 is 6.09 Å². The third-order valence-corrected chi connectivity index (χ3v) is 4.20. The van der Waals surface area contributed by atoms with Gasteiger partial charge in [-0.05, 0) is 29.7 Å². The first kappa shape index (κ1) is 14.1. The molecule has 3 nitrogen and oxygen atoms in total. The molecule has 0 saturated heterocycles. The van der Waals surface area contributed by atoms with E-state index in [-0.39, 0.29) is 6.61 Å². The van der Waals surface area contributed by atoms with Crippen LogP contribution in [-0.4, -0.2) is 12.6 Å². The minimum atomic E-state index is -0.519. The maximum atomic E-state index is 14.0. The van der Waals surface area contributed by atoms with Gasteiger partial charge in [0, 0.05) is 11.0 Å². The minimum absolute atomic E-state index is 0.182. The van der Waals surface area contributed by atoms with Crippen molar-refractivity contribution in [2.45, 2.75) is 13.0 Å². The Hall–Kier alpha value is -1.88. The predicted octanol–water partition coefficient (Wildman–Crippen LogP) is 4.29. The average molecular weight is 350 g/mol. The SMILES string of the molecule is O=C(OCc1ccccc1)N1CCc2c(Br)ccc(F)c21. The molecule has 0 bridgehead atoms. The third kappa shape index (κ3) is 2.78. The van der Waals surface area contributed by atoms with Crippen molar-refractivity contribution in [1.29, 1.82) is 0 Å². The number of halogens is 2. The highest BCUT2D eigenvalue weighted by molar-refractivity contribution is 9.10. The van der Waals surface area contributed by atoms with E-state index in [0.29, 0.717) is 18.7 Å². The summed E-state index contributed by atoms with van der Waals surface area (Å²) >= 11 is 3.39. The summed E-state index contributed by atoms with van der Waals surface area (Å²) in [4.78, 5) is 13.5. The highest BCUT2D eigenvalue weighted by Gasteiger charge is 2.30. The molecule has 0 N–H and O–H groups in total. The van der Waals surface area contributed by atoms with Crippen molar-refractivity contribution in [2.24, 2.45) is 0 Å². The smallest absolute Gasteiger partial charge is 0.414 e. The van der Waals surface area contributed by atoms with Crippen LogP contribution in [0.5, 0.6) is 0 Å². The fraction of sp³-hybridized carbons (Fsp3) is 0.188. The monoisotopic (exact) mass is 349 g/mol. The number of anilines is 1. The minimum Gasteiger partial charge on any atom is -0.444 e. The molecule has 0 radical (unpaired) electrons. The van der Waals surface area contributed by atoms with Gasteiger partial charge in [0.2, 0.25) is 0 Å². The summed E-state index contributed by atoms with van der Waals surface area (Å²) < 4.78 is 20.1. The molecule has 0 aliphatic carbocycles. The molecule has 0 aromatic heterocycles. The molecule has 108 valence electrons. The Labute approximate surface area is 130 Å². The molecule has 5 heteroatoms. The van der Waals surface area contributed by atoms with Gasteiger partial charge in [-0.3, -0.25) is 4.90 Å². The molecule has 1 heterocycles. The Balaban J connectivity index is 1.75. The van der Waals surface area contributed by atoms with Crippen LogP contribution in [0.15, 0.2) is 46.9 Å². The van der Waals surface area contributed by atoms with Crippen LogP contribution >= 0.6 is 15.9 Å². The van der Waals surface area contributed by atoms with Crippen LogP contribution in [0.4, 0.5) is 14.9 Å². The van der Waals surface area contributed by atoms with Crippen molar-refractivity contribution in [3.05, 3.63) is 63.9 Å². The summed E-state index contributed by atoms with van der Waals surface area (Å²) in [6.45, 7) is 0.615. The summed E-state index contributed by atoms with van der Waals surface area (Å²) in [5, 5.41) is 0. The number of rotatable bonds is 2. The van der Waals surface area contributed by atoms with E-state index < -0.39 is 11.9 Å². The zero-order valence-electron chi connectivity index (χ0n) is 11.2. The highest BCUT2D eigenvalue weighted by Crippen LogP contribution is 2.36. The van der Waals surface area contributed by atoms with Crippen molar-refractivity contribution in [1.82, 2.24) is 0 Å². The number of amides is 1. The molecule has 0 unspecified atom stereocenters. The van der Waals surface area contributed by atoms with Gasteiger partial charge < -0.3 is 4.74 Å². The van der Waals surface area contributed by atoms with Gasteiger partial charge in [-0.2, -0.15) is 0 Å². The number of carbonyl (C=O) groups is 1. The lowest BCUT2D eigenvalue weighted by atomic mass is 10.1. The molecule has 0 fully saturated rings. The van der Waals surface area contributed by atoms with Gasteiger partial charge in [-0.1, -0.05) is 46.3 Å². The highest BCUT2D eigenvalue weighted by atomic mass is 79.9. The summed E-state index contributed by atoms with van der Waals surface area (Å²) in [5.74, 6) is -0.401. The Kier molecular flexibility index (Phi) is 3.92. The third-order valence-electron chi connectivity index (χ3n) is 3.46. The van der Waals surface area contributed by atoms with E-state index in [4.69, 9.17) is 4.74 Å². The van der Waals surface area contributed by atoms with Gasteiger partial charge in [0.15, 0.2) is 0 Å². The molecule has 1 aliphatic rings. The van der Waals surface area contributed by atoms with Gasteiger partial charge in [0.25, 0.3) is 0 Å². The molecule has 0 spiro atoms. The standard InChI is InChI=1S/C16H13BrFNO2/c17-13-6-7-14(18)15-12(13)8-9-19(15)16(20)21-10-11-4-2-1-3-5-11/h1-7H,8-10H2. The Morgan fingerprint density at radius 3 is 2.76 bits per heavy atom. The summed E-state index contributed by atoms with van der Waals surface area (Å²) in [7, 11) is 0. The molecule has 2 aromatic carbocycles. The summed E-state index contributed by atoms with van der Waals surface area (Å²) in [5.41, 5.74) is 2.04. The molecule has 0 saturated carbocycles. The average Bonchev–Trinajstić information content (AvgIpc) is 2.96. The van der Waals surface area contributed by atoms with Crippen LogP contribution in [0, 0.1) is 5.82 Å². The van der Waals surface area contributed by atoms with E-state index in [1.807, 2.05) is 30.3 Å². The molecule has 0 atom stereocenters. The quantitative estimate of drug-likeness (QED) is 0.809. The lowest BCUT2D eigenvalue weighted by Gasteiger charge is -2.17. The van der Waals surface area contributed by atoms with Crippen LogP contribution in [0.25, 0.3) is 0 Å². The van der Waals surface area contributed by atoms with Crippen LogP contribution < -0.4 is 4.90 Å². The summed E-state index contributed by atoms with van der Waals surface area (Å²) in [6.07, 6.45) is 0.100. The van der Waals surface area contributed by atoms with Crippen LogP contribution in [0.1, 0.15) is 11.1 Å². The molecule has 2 aromatic rings. The lowest BCUT2D eigenvalue weighted by molar-refractivity contribution is 0.147. The number of fused-ring (bicyclic) bond motifs is 1. The van der Waals surface area contributed by atoms with E-state index in [9.17, 15) is 9.18 Å². The first-order valence-electron chi connectivity index (χ1n) is 6.62. The molecule has 1 amide bonds. The van der Waals surface area contributed by atoms with Crippen molar-refractivity contribution in [2.75, 3.05) is 11.4 Å². The topological polar surface area (TPSA) is 29.5 Å². The molecule has 3 rings (SSSR count). The van der Waals surface area contributed by atoms with E-state index in [1.54, 1.807) is 6.07 Å². The second-order valence-corrected chi connectivity index (χ2v) is 5.65. The Morgan fingerprint density at radius 1 is 1.24 bits per heavy atom. The van der Waals surface area contributed by atoms with Gasteiger partial charge in [-0.25, -0.2) is 9.18 Å². The van der Waals surface area contributed by atoms with Crippen molar-refractivity contribution < 1.29 is 13.9 Å². The van der Waals surface area contributed by atoms with E-state index >= 15 is 0 Å². The van der Waals surface area contributed by atoms with Gasteiger partial charge in [0.05, 0.1) is 5.69 Å². The number of carbonyl (C=O) groups excluding carboxylic acids is 1. The maximum Gasteiger partial charge on any atom is 0.414 e. The molecule has 21 heavy (non-hydrogen) atoms. The van der Waals surface area contributed by atoms with Crippen molar-refractivity contribution in [3.63, 3.8) is 0 Å². The first-order valence-corrected chi connectivity index (χ1v) is 7.41. The maximum absolute atomic E-state index is 14.0. The Bertz CT molecular complexity index is 675. The van der Waals surface area contributed by atoms with Crippen LogP contribution in [0.3, 0.4) is 0 Å². The van der Waals surface area contributed by atoms with Gasteiger partial charge in [-0.15, -0.1) is 0 Å². The largest absolute Gasteiger partial charge is 0.444 e. The second-order valence-electron chi connectivity index (χ2n) is 4.80. The number of hydrogen-bond acceptors (Lipinski definition) is 2. The molecular formula is C16H13BrFNO2. The second kappa shape index (κ2) is 5.85. The lowest BCUT2D eigenvalue weighted by Crippen LogP contribution is -2.30. The number of benzene rings is 2. The zero-order chi connectivity index (χ0) is 14.8. The summed E-state index contributed by atoms with van der Waals surface area (Å²) in [6, 6.07) is 12.4. The van der Waals surface area contributed by atoms with Crippen LogP contribution in [0.2, 0.25) is 0 Å². The molecular weight excluding hydrogens is 337 g/mol.